The van der Waals surface area contributed by atoms with Gasteiger partial charge < -0.3 is 24.6 Å². The van der Waals surface area contributed by atoms with Crippen LogP contribution < -0.4 is 10.6 Å². The maximum Gasteiger partial charge on any atom is 0.292 e. The van der Waals surface area contributed by atoms with Crippen LogP contribution >= 0.6 is 0 Å². The predicted molar refractivity (Wildman–Crippen MR) is 95.2 cm³/mol. The Labute approximate surface area is 151 Å². The fraction of sp³-hybridized carbons (Fsp3) is 0.529. The number of imidazole rings is 1. The van der Waals surface area contributed by atoms with Crippen molar-refractivity contribution in [3.63, 3.8) is 0 Å². The summed E-state index contributed by atoms with van der Waals surface area (Å²) in [6.07, 6.45) is 2.67. The molecule has 2 amide bonds. The average molecular weight is 360 g/mol. The number of anilines is 1. The van der Waals surface area contributed by atoms with E-state index < -0.39 is 5.91 Å². The molecule has 140 valence electrons. The molecule has 2 aromatic rings. The van der Waals surface area contributed by atoms with Crippen molar-refractivity contribution >= 4 is 17.6 Å². The van der Waals surface area contributed by atoms with Gasteiger partial charge in [0.05, 0.1) is 5.69 Å². The molecule has 2 N–H and O–H groups in total. The lowest BCUT2D eigenvalue weighted by Crippen LogP contribution is -2.32. The van der Waals surface area contributed by atoms with Gasteiger partial charge in [-0.3, -0.25) is 9.59 Å². The smallest absolute Gasteiger partial charge is 0.292 e. The van der Waals surface area contributed by atoms with Crippen LogP contribution in [0.3, 0.4) is 0 Å². The van der Waals surface area contributed by atoms with Crippen LogP contribution in [0.25, 0.3) is 0 Å². The maximum absolute atomic E-state index is 12.6. The highest BCUT2D eigenvalue weighted by molar-refractivity contribution is 6.03. The van der Waals surface area contributed by atoms with E-state index in [1.54, 1.807) is 13.0 Å². The molecule has 1 aliphatic rings. The first-order valence-electron chi connectivity index (χ1n) is 8.72. The average Bonchev–Trinajstić information content (AvgIpc) is 3.18. The van der Waals surface area contributed by atoms with E-state index in [1.807, 2.05) is 23.6 Å². The number of aryl methyl sites for hydroxylation is 1. The molecule has 2 aromatic heterocycles. The molecule has 0 fully saturated rings. The van der Waals surface area contributed by atoms with Crippen molar-refractivity contribution in [2.75, 3.05) is 32.5 Å². The third-order valence-corrected chi connectivity index (χ3v) is 4.25. The minimum Gasteiger partial charge on any atom is -0.360 e. The molecule has 0 aliphatic carbocycles. The topological polar surface area (TPSA) is 105 Å². The van der Waals surface area contributed by atoms with Crippen LogP contribution in [-0.2, 0) is 13.0 Å². The van der Waals surface area contributed by atoms with Gasteiger partial charge in [-0.2, -0.15) is 0 Å². The fourth-order valence-corrected chi connectivity index (χ4v) is 2.97. The molecular weight excluding hydrogens is 336 g/mol. The molecule has 0 bridgehead atoms. The van der Waals surface area contributed by atoms with Crippen molar-refractivity contribution in [1.29, 1.82) is 0 Å². The Morgan fingerprint density at radius 2 is 2.12 bits per heavy atom. The normalized spacial score (nSPS) is 13.5. The summed E-state index contributed by atoms with van der Waals surface area (Å²) in [7, 11) is 3.89. The highest BCUT2D eigenvalue weighted by Crippen LogP contribution is 2.22. The molecule has 3 rings (SSSR count). The fourth-order valence-electron chi connectivity index (χ4n) is 2.97. The molecule has 0 aromatic carbocycles. The Hall–Kier alpha value is -2.68. The van der Waals surface area contributed by atoms with Gasteiger partial charge in [0.1, 0.15) is 11.5 Å². The van der Waals surface area contributed by atoms with E-state index in [0.29, 0.717) is 30.4 Å². The third-order valence-electron chi connectivity index (χ3n) is 4.25. The van der Waals surface area contributed by atoms with Crippen LogP contribution in [0.1, 0.15) is 45.4 Å². The first-order chi connectivity index (χ1) is 12.5. The minimum atomic E-state index is -0.395. The standard InChI is InChI=1S/C17H24N6O3/c1-11-10-13(21-26-11)19-17(25)15-20-14(12-6-4-5-8-23(12)15)16(24)18-7-9-22(2)3/h10H,4-9H2,1-3H3,(H,18,24)(H,19,21,25). The zero-order chi connectivity index (χ0) is 18.7. The number of hydrogen-bond donors (Lipinski definition) is 2. The second-order valence-electron chi connectivity index (χ2n) is 6.68. The van der Waals surface area contributed by atoms with Crippen molar-refractivity contribution in [2.45, 2.75) is 32.7 Å². The molecule has 9 nitrogen and oxygen atoms in total. The first kappa shape index (κ1) is 18.1. The van der Waals surface area contributed by atoms with E-state index in [0.717, 1.165) is 31.5 Å². The summed E-state index contributed by atoms with van der Waals surface area (Å²) in [5.74, 6) is 0.532. The number of fused-ring (bicyclic) bond motifs is 1. The van der Waals surface area contributed by atoms with Crippen LogP contribution in [0.15, 0.2) is 10.6 Å². The van der Waals surface area contributed by atoms with Gasteiger partial charge >= 0.3 is 0 Å². The molecule has 0 spiro atoms. The lowest BCUT2D eigenvalue weighted by atomic mass is 10.1. The molecule has 0 atom stereocenters. The molecule has 3 heterocycles. The zero-order valence-corrected chi connectivity index (χ0v) is 15.3. The van der Waals surface area contributed by atoms with E-state index >= 15 is 0 Å². The number of amides is 2. The lowest BCUT2D eigenvalue weighted by Gasteiger charge is -2.17. The second kappa shape index (κ2) is 7.69. The number of aromatic nitrogens is 3. The zero-order valence-electron chi connectivity index (χ0n) is 15.3. The van der Waals surface area contributed by atoms with E-state index in [4.69, 9.17) is 4.52 Å². The molecule has 0 unspecified atom stereocenters. The van der Waals surface area contributed by atoms with Crippen LogP contribution in [0.2, 0.25) is 0 Å². The van der Waals surface area contributed by atoms with Crippen molar-refractivity contribution in [1.82, 2.24) is 24.9 Å². The van der Waals surface area contributed by atoms with E-state index in [-0.39, 0.29) is 11.7 Å². The van der Waals surface area contributed by atoms with E-state index in [9.17, 15) is 9.59 Å². The van der Waals surface area contributed by atoms with Gasteiger partial charge in [-0.25, -0.2) is 4.98 Å². The third kappa shape index (κ3) is 3.93. The van der Waals surface area contributed by atoms with Gasteiger partial charge in [0, 0.05) is 25.7 Å². The van der Waals surface area contributed by atoms with Gasteiger partial charge in [0.25, 0.3) is 11.8 Å². The number of rotatable bonds is 6. The molecule has 1 aliphatic heterocycles. The number of nitrogens with zero attached hydrogens (tertiary/aromatic N) is 4. The van der Waals surface area contributed by atoms with Gasteiger partial charge in [-0.05, 0) is 40.3 Å². The van der Waals surface area contributed by atoms with Crippen molar-refractivity contribution in [3.05, 3.63) is 29.0 Å². The Kier molecular flexibility index (Phi) is 5.36. The van der Waals surface area contributed by atoms with Gasteiger partial charge in [0.2, 0.25) is 0 Å². The van der Waals surface area contributed by atoms with Crippen LogP contribution in [0.5, 0.6) is 0 Å². The first-order valence-corrected chi connectivity index (χ1v) is 8.72. The Balaban J connectivity index is 1.81. The Bertz CT molecular complexity index is 808. The van der Waals surface area contributed by atoms with Crippen molar-refractivity contribution in [3.8, 4) is 0 Å². The van der Waals surface area contributed by atoms with E-state index in [1.165, 1.54) is 0 Å². The molecule has 26 heavy (non-hydrogen) atoms. The van der Waals surface area contributed by atoms with Crippen LogP contribution in [-0.4, -0.2) is 58.6 Å². The number of likely N-dealkylation sites (N-methyl/N-ethyl adjacent to an activating group) is 1. The molecule has 9 heteroatoms. The summed E-state index contributed by atoms with van der Waals surface area (Å²) in [6.45, 7) is 3.68. The number of carbonyl (C=O) groups excluding carboxylic acids is 2. The Morgan fingerprint density at radius 3 is 2.81 bits per heavy atom. The van der Waals surface area contributed by atoms with Crippen molar-refractivity contribution in [2.24, 2.45) is 0 Å². The summed E-state index contributed by atoms with van der Waals surface area (Å²) in [5.41, 5.74) is 1.16. The highest BCUT2D eigenvalue weighted by Gasteiger charge is 2.27. The van der Waals surface area contributed by atoms with Gasteiger partial charge in [-0.1, -0.05) is 5.16 Å². The van der Waals surface area contributed by atoms with E-state index in [2.05, 4.69) is 20.8 Å². The quantitative estimate of drug-likeness (QED) is 0.798. The summed E-state index contributed by atoms with van der Waals surface area (Å²) in [5, 5.41) is 9.31. The van der Waals surface area contributed by atoms with Gasteiger partial charge in [0.15, 0.2) is 11.6 Å². The Morgan fingerprint density at radius 1 is 1.31 bits per heavy atom. The summed E-state index contributed by atoms with van der Waals surface area (Å²) in [6, 6.07) is 1.63. The minimum absolute atomic E-state index is 0.234. The van der Waals surface area contributed by atoms with Gasteiger partial charge in [-0.15, -0.1) is 0 Å². The largest absolute Gasteiger partial charge is 0.360 e. The number of hydrogen-bond acceptors (Lipinski definition) is 6. The second-order valence-corrected chi connectivity index (χ2v) is 6.68. The molecule has 0 radical (unpaired) electrons. The van der Waals surface area contributed by atoms with Crippen LogP contribution in [0.4, 0.5) is 5.82 Å². The molecule has 0 saturated carbocycles. The van der Waals surface area contributed by atoms with Crippen LogP contribution in [0, 0.1) is 6.92 Å². The SMILES string of the molecule is Cc1cc(NC(=O)c2nc(C(=O)NCCN(C)C)c3n2CCCC3)no1. The maximum atomic E-state index is 12.6. The monoisotopic (exact) mass is 360 g/mol. The molecular formula is C17H24N6O3. The summed E-state index contributed by atoms with van der Waals surface area (Å²) < 4.78 is 6.80. The molecule has 0 saturated heterocycles. The summed E-state index contributed by atoms with van der Waals surface area (Å²) in [4.78, 5) is 31.5. The lowest BCUT2D eigenvalue weighted by molar-refractivity contribution is 0.0945. The predicted octanol–water partition coefficient (Wildman–Crippen LogP) is 1.06. The van der Waals surface area contributed by atoms with Crippen molar-refractivity contribution < 1.29 is 14.1 Å². The number of carbonyl (C=O) groups is 2. The summed E-state index contributed by atoms with van der Waals surface area (Å²) >= 11 is 0. The highest BCUT2D eigenvalue weighted by atomic mass is 16.5. The number of nitrogens with one attached hydrogen (secondary N) is 2.